The van der Waals surface area contributed by atoms with Gasteiger partial charge in [-0.1, -0.05) is 30.3 Å². The van der Waals surface area contributed by atoms with Crippen LogP contribution in [0.4, 0.5) is 5.95 Å². The molecule has 6 heteroatoms. The Labute approximate surface area is 152 Å². The van der Waals surface area contributed by atoms with Crippen molar-refractivity contribution < 1.29 is 0 Å². The summed E-state index contributed by atoms with van der Waals surface area (Å²) in [5, 5.41) is 17.4. The van der Waals surface area contributed by atoms with Gasteiger partial charge in [0, 0.05) is 30.9 Å². The van der Waals surface area contributed by atoms with Gasteiger partial charge < -0.3 is 10.2 Å². The third kappa shape index (κ3) is 2.48. The number of likely N-dealkylation sites (tertiary alicyclic amines) is 1. The molecule has 6 nitrogen and oxygen atoms in total. The molecule has 1 N–H and O–H groups in total. The lowest BCUT2D eigenvalue weighted by atomic mass is 9.92. The number of pyridine rings is 1. The van der Waals surface area contributed by atoms with Crippen molar-refractivity contribution >= 4 is 11.6 Å². The average Bonchev–Trinajstić information content (AvgIpc) is 3.19. The second-order valence-electron chi connectivity index (χ2n) is 7.26. The number of nitriles is 1. The summed E-state index contributed by atoms with van der Waals surface area (Å²) in [7, 11) is 0. The zero-order valence-corrected chi connectivity index (χ0v) is 14.4. The van der Waals surface area contributed by atoms with Gasteiger partial charge >= 0.3 is 0 Å². The molecule has 2 fully saturated rings. The van der Waals surface area contributed by atoms with Crippen LogP contribution >= 0.6 is 0 Å². The number of rotatable bonds is 3. The molecular weight excluding hydrogens is 324 g/mol. The summed E-state index contributed by atoms with van der Waals surface area (Å²) in [6.07, 6.45) is 6.58. The second-order valence-corrected chi connectivity index (χ2v) is 7.26. The quantitative estimate of drug-likeness (QED) is 0.740. The molecule has 130 valence electrons. The summed E-state index contributed by atoms with van der Waals surface area (Å²) in [5.41, 5.74) is 3.08. The number of anilines is 1. The van der Waals surface area contributed by atoms with Crippen molar-refractivity contribution in [3.63, 3.8) is 0 Å². The summed E-state index contributed by atoms with van der Waals surface area (Å²) in [6.45, 7) is 1.68. The number of fused-ring (bicyclic) bond motifs is 3. The van der Waals surface area contributed by atoms with Gasteiger partial charge in [0.15, 0.2) is 11.8 Å². The SMILES string of the molecule is N#CN1C[C@H]2CC[C@@H](C1)C2Nc1nc2c(-c3ccccc3)cccn2n1. The van der Waals surface area contributed by atoms with E-state index in [1.165, 1.54) is 12.8 Å². The topological polar surface area (TPSA) is 69.2 Å². The van der Waals surface area contributed by atoms with E-state index in [0.29, 0.717) is 23.8 Å². The van der Waals surface area contributed by atoms with E-state index in [-0.39, 0.29) is 0 Å². The highest BCUT2D eigenvalue weighted by atomic mass is 15.4. The molecule has 0 spiro atoms. The van der Waals surface area contributed by atoms with Crippen LogP contribution in [-0.2, 0) is 0 Å². The molecule has 5 rings (SSSR count). The molecule has 2 aliphatic rings. The van der Waals surface area contributed by atoms with Crippen molar-refractivity contribution in [2.24, 2.45) is 11.8 Å². The van der Waals surface area contributed by atoms with E-state index in [1.54, 1.807) is 0 Å². The predicted molar refractivity (Wildman–Crippen MR) is 99.2 cm³/mol. The van der Waals surface area contributed by atoms with Crippen LogP contribution in [0.25, 0.3) is 16.8 Å². The average molecular weight is 344 g/mol. The molecular formula is C20H20N6. The summed E-state index contributed by atoms with van der Waals surface area (Å²) in [6, 6.07) is 14.7. The normalized spacial score (nSPS) is 24.6. The van der Waals surface area contributed by atoms with Crippen molar-refractivity contribution in [1.29, 1.82) is 5.26 Å². The molecule has 1 saturated heterocycles. The van der Waals surface area contributed by atoms with Gasteiger partial charge in [0.1, 0.15) is 0 Å². The van der Waals surface area contributed by atoms with E-state index in [2.05, 4.69) is 34.8 Å². The van der Waals surface area contributed by atoms with Gasteiger partial charge in [-0.15, -0.1) is 5.10 Å². The summed E-state index contributed by atoms with van der Waals surface area (Å²) in [4.78, 5) is 6.68. The lowest BCUT2D eigenvalue weighted by Gasteiger charge is -2.35. The van der Waals surface area contributed by atoms with Crippen molar-refractivity contribution in [1.82, 2.24) is 19.5 Å². The Morgan fingerprint density at radius 1 is 1.04 bits per heavy atom. The maximum atomic E-state index is 9.19. The number of hydrogen-bond donors (Lipinski definition) is 1. The van der Waals surface area contributed by atoms with Crippen LogP contribution in [0.5, 0.6) is 0 Å². The fourth-order valence-corrected chi connectivity index (χ4v) is 4.50. The number of nitrogens with zero attached hydrogens (tertiary/aromatic N) is 5. The summed E-state index contributed by atoms with van der Waals surface area (Å²) < 4.78 is 1.84. The number of piperidine rings is 1. The van der Waals surface area contributed by atoms with Gasteiger partial charge in [0.25, 0.3) is 0 Å². The standard InChI is InChI=1S/C20H20N6/c21-13-25-11-15-8-9-16(12-25)18(15)22-20-23-19-17(7-4-10-26(19)24-20)14-5-2-1-3-6-14/h1-7,10,15-16,18H,8-9,11-12H2,(H,22,24)/t15-,16+,18?. The Morgan fingerprint density at radius 2 is 1.81 bits per heavy atom. The molecule has 2 aromatic heterocycles. The van der Waals surface area contributed by atoms with Crippen LogP contribution in [0.15, 0.2) is 48.7 Å². The monoisotopic (exact) mass is 344 g/mol. The Bertz CT molecular complexity index is 959. The van der Waals surface area contributed by atoms with E-state index in [9.17, 15) is 5.26 Å². The first-order chi connectivity index (χ1) is 12.8. The molecule has 1 saturated carbocycles. The second kappa shape index (κ2) is 6.03. The Balaban J connectivity index is 1.46. The molecule has 3 atom stereocenters. The van der Waals surface area contributed by atoms with Gasteiger partial charge in [-0.25, -0.2) is 4.52 Å². The smallest absolute Gasteiger partial charge is 0.243 e. The first-order valence-electron chi connectivity index (χ1n) is 9.14. The van der Waals surface area contributed by atoms with Crippen LogP contribution in [0, 0.1) is 23.3 Å². The number of nitrogens with one attached hydrogen (secondary N) is 1. The van der Waals surface area contributed by atoms with Gasteiger partial charge in [0.2, 0.25) is 5.95 Å². The minimum atomic E-state index is 0.359. The van der Waals surface area contributed by atoms with Crippen LogP contribution in [0.2, 0.25) is 0 Å². The molecule has 0 radical (unpaired) electrons. The van der Waals surface area contributed by atoms with Gasteiger partial charge in [-0.3, -0.25) is 0 Å². The molecule has 1 aliphatic heterocycles. The molecule has 1 aromatic carbocycles. The lowest BCUT2D eigenvalue weighted by molar-refractivity contribution is 0.217. The maximum Gasteiger partial charge on any atom is 0.243 e. The minimum absolute atomic E-state index is 0.359. The number of hydrogen-bond acceptors (Lipinski definition) is 5. The van der Waals surface area contributed by atoms with E-state index >= 15 is 0 Å². The lowest BCUT2D eigenvalue weighted by Crippen LogP contribution is -2.46. The Morgan fingerprint density at radius 3 is 2.54 bits per heavy atom. The first-order valence-corrected chi connectivity index (χ1v) is 9.14. The summed E-state index contributed by atoms with van der Waals surface area (Å²) in [5.74, 6) is 1.67. The molecule has 0 amide bonds. The van der Waals surface area contributed by atoms with Crippen LogP contribution in [0.3, 0.4) is 0 Å². The highest BCUT2D eigenvalue weighted by Gasteiger charge is 2.42. The fraction of sp³-hybridized carbons (Fsp3) is 0.350. The van der Waals surface area contributed by atoms with Crippen LogP contribution in [0.1, 0.15) is 12.8 Å². The fourth-order valence-electron chi connectivity index (χ4n) is 4.50. The molecule has 2 bridgehead atoms. The molecule has 3 heterocycles. The summed E-state index contributed by atoms with van der Waals surface area (Å²) >= 11 is 0. The van der Waals surface area contributed by atoms with Gasteiger partial charge in [-0.05, 0) is 42.4 Å². The molecule has 3 aromatic rings. The van der Waals surface area contributed by atoms with Crippen LogP contribution < -0.4 is 5.32 Å². The third-order valence-corrected chi connectivity index (χ3v) is 5.72. The zero-order valence-electron chi connectivity index (χ0n) is 14.4. The highest BCUT2D eigenvalue weighted by Crippen LogP contribution is 2.38. The third-order valence-electron chi connectivity index (χ3n) is 5.72. The largest absolute Gasteiger partial charge is 0.349 e. The minimum Gasteiger partial charge on any atom is -0.349 e. The molecule has 26 heavy (non-hydrogen) atoms. The van der Waals surface area contributed by atoms with E-state index in [0.717, 1.165) is 29.9 Å². The highest BCUT2D eigenvalue weighted by molar-refractivity contribution is 5.77. The van der Waals surface area contributed by atoms with E-state index < -0.39 is 0 Å². The van der Waals surface area contributed by atoms with Crippen LogP contribution in [-0.4, -0.2) is 38.6 Å². The molecule has 1 unspecified atom stereocenters. The van der Waals surface area contributed by atoms with Crippen molar-refractivity contribution in [2.75, 3.05) is 18.4 Å². The molecule has 1 aliphatic carbocycles. The Hall–Kier alpha value is -3.07. The number of benzene rings is 1. The maximum absolute atomic E-state index is 9.19. The zero-order chi connectivity index (χ0) is 17.5. The van der Waals surface area contributed by atoms with E-state index in [4.69, 9.17) is 4.98 Å². The first kappa shape index (κ1) is 15.2. The number of aromatic nitrogens is 3. The van der Waals surface area contributed by atoms with Gasteiger partial charge in [-0.2, -0.15) is 10.2 Å². The Kier molecular flexibility index (Phi) is 3.52. The van der Waals surface area contributed by atoms with E-state index in [1.807, 2.05) is 39.9 Å². The van der Waals surface area contributed by atoms with Crippen molar-refractivity contribution in [3.05, 3.63) is 48.7 Å². The van der Waals surface area contributed by atoms with Crippen molar-refractivity contribution in [3.8, 4) is 17.3 Å². The predicted octanol–water partition coefficient (Wildman–Crippen LogP) is 3.00. The van der Waals surface area contributed by atoms with Crippen molar-refractivity contribution in [2.45, 2.75) is 18.9 Å². The van der Waals surface area contributed by atoms with Gasteiger partial charge in [0.05, 0.1) is 0 Å².